The Hall–Kier alpha value is -3.13. The highest BCUT2D eigenvalue weighted by molar-refractivity contribution is 7.09. The summed E-state index contributed by atoms with van der Waals surface area (Å²) in [6.45, 7) is 5.49. The summed E-state index contributed by atoms with van der Waals surface area (Å²) in [4.78, 5) is 19.3. The van der Waals surface area contributed by atoms with Crippen LogP contribution in [0.2, 0.25) is 0 Å². The standard InChI is InChI=1S/C23H26N4O3S/c1-16(2)27(23-25-21(26-31-23)13-17-6-4-3-5-7-17)11-10-22(28)24-14-18-8-9-19-20(12-18)30-15-29-19/h3-9,12,16H,10-11,13-15H2,1-2H3,(H,24,28). The third-order valence-corrected chi connectivity index (χ3v) is 5.83. The van der Waals surface area contributed by atoms with Gasteiger partial charge in [-0.15, -0.1) is 0 Å². The molecule has 0 bridgehead atoms. The third-order valence-electron chi connectivity index (χ3n) is 5.04. The maximum Gasteiger partial charge on any atom is 0.231 e. The molecule has 3 aromatic rings. The van der Waals surface area contributed by atoms with Crippen molar-refractivity contribution >= 4 is 22.6 Å². The van der Waals surface area contributed by atoms with Gasteiger partial charge in [-0.25, -0.2) is 4.98 Å². The summed E-state index contributed by atoms with van der Waals surface area (Å²) in [5.74, 6) is 2.27. The van der Waals surface area contributed by atoms with Crippen LogP contribution < -0.4 is 19.7 Å². The van der Waals surface area contributed by atoms with Crippen molar-refractivity contribution < 1.29 is 14.3 Å². The first-order valence-corrected chi connectivity index (χ1v) is 11.1. The highest BCUT2D eigenvalue weighted by Gasteiger charge is 2.18. The monoisotopic (exact) mass is 438 g/mol. The molecule has 1 aromatic heterocycles. The second-order valence-corrected chi connectivity index (χ2v) is 8.39. The van der Waals surface area contributed by atoms with Crippen LogP contribution in [0.5, 0.6) is 11.5 Å². The molecule has 0 atom stereocenters. The highest BCUT2D eigenvalue weighted by atomic mass is 32.1. The second-order valence-electron chi connectivity index (χ2n) is 7.66. The van der Waals surface area contributed by atoms with E-state index in [0.29, 0.717) is 25.9 Å². The SMILES string of the molecule is CC(C)N(CCC(=O)NCc1ccc2c(c1)OCO2)c1nc(Cc2ccccc2)ns1. The molecule has 0 radical (unpaired) electrons. The molecule has 2 heterocycles. The van der Waals surface area contributed by atoms with E-state index in [2.05, 4.69) is 40.6 Å². The van der Waals surface area contributed by atoms with Crippen molar-refractivity contribution in [3.63, 3.8) is 0 Å². The Bertz CT molecular complexity index is 1020. The van der Waals surface area contributed by atoms with Crippen molar-refractivity contribution in [3.05, 3.63) is 65.5 Å². The fraction of sp³-hybridized carbons (Fsp3) is 0.348. The molecule has 2 aromatic carbocycles. The van der Waals surface area contributed by atoms with Crippen molar-refractivity contribution in [1.82, 2.24) is 14.7 Å². The van der Waals surface area contributed by atoms with E-state index in [1.807, 2.05) is 36.4 Å². The van der Waals surface area contributed by atoms with Gasteiger partial charge in [0.15, 0.2) is 11.5 Å². The van der Waals surface area contributed by atoms with E-state index < -0.39 is 0 Å². The molecular weight excluding hydrogens is 412 g/mol. The molecule has 1 N–H and O–H groups in total. The number of carbonyl (C=O) groups is 1. The van der Waals surface area contributed by atoms with Crippen LogP contribution in [0, 0.1) is 0 Å². The molecule has 162 valence electrons. The van der Waals surface area contributed by atoms with Gasteiger partial charge in [-0.2, -0.15) is 4.37 Å². The first-order chi connectivity index (χ1) is 15.1. The first kappa shape index (κ1) is 21.1. The summed E-state index contributed by atoms with van der Waals surface area (Å²) in [5.41, 5.74) is 2.17. The Labute approximate surface area is 186 Å². The minimum absolute atomic E-state index is 0.00246. The van der Waals surface area contributed by atoms with E-state index in [1.54, 1.807) is 0 Å². The molecule has 1 aliphatic rings. The normalized spacial score (nSPS) is 12.2. The average molecular weight is 439 g/mol. The van der Waals surface area contributed by atoms with E-state index in [0.717, 1.165) is 28.0 Å². The van der Waals surface area contributed by atoms with Gasteiger partial charge in [0.05, 0.1) is 0 Å². The van der Waals surface area contributed by atoms with Gasteiger partial charge in [0.25, 0.3) is 0 Å². The maximum absolute atomic E-state index is 12.4. The van der Waals surface area contributed by atoms with Gasteiger partial charge < -0.3 is 19.7 Å². The zero-order chi connectivity index (χ0) is 21.6. The lowest BCUT2D eigenvalue weighted by atomic mass is 10.1. The fourth-order valence-electron chi connectivity index (χ4n) is 3.35. The number of ether oxygens (including phenoxy) is 2. The second kappa shape index (κ2) is 9.78. The summed E-state index contributed by atoms with van der Waals surface area (Å²) in [6.07, 6.45) is 1.09. The van der Waals surface area contributed by atoms with Gasteiger partial charge in [-0.05, 0) is 37.1 Å². The minimum Gasteiger partial charge on any atom is -0.454 e. The largest absolute Gasteiger partial charge is 0.454 e. The van der Waals surface area contributed by atoms with Gasteiger partial charge in [0.1, 0.15) is 5.82 Å². The molecule has 0 saturated carbocycles. The predicted molar refractivity (Wildman–Crippen MR) is 121 cm³/mol. The number of hydrogen-bond acceptors (Lipinski definition) is 7. The number of amides is 1. The first-order valence-electron chi connectivity index (χ1n) is 10.4. The fourth-order valence-corrected chi connectivity index (χ4v) is 4.19. The smallest absolute Gasteiger partial charge is 0.231 e. The van der Waals surface area contributed by atoms with Gasteiger partial charge in [0, 0.05) is 43.5 Å². The predicted octanol–water partition coefficient (Wildman–Crippen LogP) is 3.78. The summed E-state index contributed by atoms with van der Waals surface area (Å²) in [6, 6.07) is 16.1. The van der Waals surface area contributed by atoms with E-state index >= 15 is 0 Å². The third kappa shape index (κ3) is 5.52. The Kier molecular flexibility index (Phi) is 6.66. The molecule has 1 aliphatic heterocycles. The molecule has 1 amide bonds. The van der Waals surface area contributed by atoms with Gasteiger partial charge in [-0.1, -0.05) is 36.4 Å². The van der Waals surface area contributed by atoms with Crippen molar-refractivity contribution in [2.75, 3.05) is 18.2 Å². The maximum atomic E-state index is 12.4. The molecular formula is C23H26N4O3S. The molecule has 0 unspecified atom stereocenters. The summed E-state index contributed by atoms with van der Waals surface area (Å²) >= 11 is 1.39. The number of hydrogen-bond donors (Lipinski definition) is 1. The molecule has 8 heteroatoms. The Morgan fingerprint density at radius 3 is 2.74 bits per heavy atom. The molecule has 0 spiro atoms. The van der Waals surface area contributed by atoms with E-state index in [-0.39, 0.29) is 18.7 Å². The number of rotatable bonds is 9. The van der Waals surface area contributed by atoms with Gasteiger partial charge in [-0.3, -0.25) is 4.79 Å². The van der Waals surface area contributed by atoms with Crippen LogP contribution in [0.15, 0.2) is 48.5 Å². The van der Waals surface area contributed by atoms with Crippen molar-refractivity contribution in [2.24, 2.45) is 0 Å². The van der Waals surface area contributed by atoms with Crippen molar-refractivity contribution in [2.45, 2.75) is 39.3 Å². The van der Waals surface area contributed by atoms with Crippen LogP contribution in [-0.2, 0) is 17.8 Å². The van der Waals surface area contributed by atoms with Crippen LogP contribution in [0.1, 0.15) is 37.2 Å². The molecule has 0 aliphatic carbocycles. The number of carbonyl (C=O) groups excluding carboxylic acids is 1. The highest BCUT2D eigenvalue weighted by Crippen LogP contribution is 2.32. The van der Waals surface area contributed by atoms with E-state index in [9.17, 15) is 4.79 Å². The number of fused-ring (bicyclic) bond motifs is 1. The Morgan fingerprint density at radius 2 is 1.94 bits per heavy atom. The molecule has 31 heavy (non-hydrogen) atoms. The van der Waals surface area contributed by atoms with E-state index in [1.165, 1.54) is 17.1 Å². The lowest BCUT2D eigenvalue weighted by Crippen LogP contribution is -2.35. The lowest BCUT2D eigenvalue weighted by Gasteiger charge is -2.25. The number of anilines is 1. The van der Waals surface area contributed by atoms with Crippen LogP contribution >= 0.6 is 11.5 Å². The zero-order valence-corrected chi connectivity index (χ0v) is 18.5. The molecule has 0 saturated heterocycles. The van der Waals surface area contributed by atoms with Gasteiger partial charge in [0.2, 0.25) is 17.8 Å². The molecule has 0 fully saturated rings. The minimum atomic E-state index is -0.00246. The van der Waals surface area contributed by atoms with Crippen LogP contribution in [0.4, 0.5) is 5.13 Å². The zero-order valence-electron chi connectivity index (χ0n) is 17.7. The molecule has 7 nitrogen and oxygen atoms in total. The quantitative estimate of drug-likeness (QED) is 0.548. The van der Waals surface area contributed by atoms with Crippen LogP contribution in [0.3, 0.4) is 0 Å². The van der Waals surface area contributed by atoms with Crippen LogP contribution in [0.25, 0.3) is 0 Å². The molecule has 4 rings (SSSR count). The van der Waals surface area contributed by atoms with Crippen LogP contribution in [-0.4, -0.2) is 34.6 Å². The lowest BCUT2D eigenvalue weighted by molar-refractivity contribution is -0.121. The summed E-state index contributed by atoms with van der Waals surface area (Å²) < 4.78 is 15.2. The van der Waals surface area contributed by atoms with E-state index in [4.69, 9.17) is 14.5 Å². The number of aromatic nitrogens is 2. The summed E-state index contributed by atoms with van der Waals surface area (Å²) in [5, 5.41) is 3.83. The summed E-state index contributed by atoms with van der Waals surface area (Å²) in [7, 11) is 0. The van der Waals surface area contributed by atoms with Crippen molar-refractivity contribution in [3.8, 4) is 11.5 Å². The van der Waals surface area contributed by atoms with Crippen molar-refractivity contribution in [1.29, 1.82) is 0 Å². The number of benzene rings is 2. The van der Waals surface area contributed by atoms with Gasteiger partial charge >= 0.3 is 0 Å². The Morgan fingerprint density at radius 1 is 1.13 bits per heavy atom. The Balaban J connectivity index is 1.30. The average Bonchev–Trinajstić information content (AvgIpc) is 3.42. The number of nitrogens with zero attached hydrogens (tertiary/aromatic N) is 3. The topological polar surface area (TPSA) is 76.6 Å². The number of nitrogens with one attached hydrogen (secondary N) is 1.